The average Bonchev–Trinajstić information content (AvgIpc) is 2.56. The zero-order chi connectivity index (χ0) is 19.5. The SMILES string of the molecule is COc1ccccc1CC(C)(C)NS(=O)(=O)c1ccc(OC)c(C)c1C. The molecular formula is C20H27NO4S. The average molecular weight is 378 g/mol. The molecule has 0 unspecified atom stereocenters. The lowest BCUT2D eigenvalue weighted by atomic mass is 9.96. The first kappa shape index (κ1) is 20.3. The summed E-state index contributed by atoms with van der Waals surface area (Å²) in [6.07, 6.45) is 0.504. The van der Waals surface area contributed by atoms with Gasteiger partial charge in [-0.15, -0.1) is 0 Å². The predicted octanol–water partition coefficient (Wildman–Crippen LogP) is 3.62. The number of rotatable bonds is 7. The standard InChI is InChI=1S/C20H27NO4S/c1-14-15(2)19(12-11-17(14)24-5)26(22,23)21-20(3,4)13-16-9-7-8-10-18(16)25-6/h7-12,21H,13H2,1-6H3. The van der Waals surface area contributed by atoms with Crippen molar-refractivity contribution in [3.05, 3.63) is 53.1 Å². The second-order valence-corrected chi connectivity index (χ2v) is 8.64. The van der Waals surface area contributed by atoms with Crippen molar-refractivity contribution < 1.29 is 17.9 Å². The van der Waals surface area contributed by atoms with Gasteiger partial charge in [0.05, 0.1) is 19.1 Å². The van der Waals surface area contributed by atoms with Crippen LogP contribution in [0, 0.1) is 13.8 Å². The monoisotopic (exact) mass is 377 g/mol. The Kier molecular flexibility index (Phi) is 5.98. The number of hydrogen-bond acceptors (Lipinski definition) is 4. The van der Waals surface area contributed by atoms with E-state index >= 15 is 0 Å². The van der Waals surface area contributed by atoms with Crippen LogP contribution in [0.4, 0.5) is 0 Å². The van der Waals surface area contributed by atoms with Crippen molar-refractivity contribution in [3.63, 3.8) is 0 Å². The summed E-state index contributed by atoms with van der Waals surface area (Å²) in [4.78, 5) is 0.268. The summed E-state index contributed by atoms with van der Waals surface area (Å²) in [5.74, 6) is 1.42. The fourth-order valence-electron chi connectivity index (χ4n) is 3.06. The molecule has 0 aliphatic carbocycles. The highest BCUT2D eigenvalue weighted by Gasteiger charge is 2.29. The van der Waals surface area contributed by atoms with Crippen molar-refractivity contribution in [2.24, 2.45) is 0 Å². The van der Waals surface area contributed by atoms with Crippen molar-refractivity contribution >= 4 is 10.0 Å². The van der Waals surface area contributed by atoms with E-state index in [4.69, 9.17) is 9.47 Å². The van der Waals surface area contributed by atoms with E-state index < -0.39 is 15.6 Å². The highest BCUT2D eigenvalue weighted by molar-refractivity contribution is 7.89. The topological polar surface area (TPSA) is 64.6 Å². The molecule has 26 heavy (non-hydrogen) atoms. The van der Waals surface area contributed by atoms with Gasteiger partial charge in [0.1, 0.15) is 11.5 Å². The van der Waals surface area contributed by atoms with Crippen LogP contribution in [-0.4, -0.2) is 28.2 Å². The largest absolute Gasteiger partial charge is 0.496 e. The van der Waals surface area contributed by atoms with Crippen LogP contribution in [0.15, 0.2) is 41.3 Å². The number of benzene rings is 2. The maximum Gasteiger partial charge on any atom is 0.241 e. The summed E-state index contributed by atoms with van der Waals surface area (Å²) in [7, 11) is -0.498. The number of sulfonamides is 1. The van der Waals surface area contributed by atoms with Gasteiger partial charge in [0, 0.05) is 5.54 Å². The molecule has 0 heterocycles. The fourth-order valence-corrected chi connectivity index (χ4v) is 4.78. The molecule has 0 spiro atoms. The highest BCUT2D eigenvalue weighted by atomic mass is 32.2. The molecule has 2 aromatic carbocycles. The van der Waals surface area contributed by atoms with E-state index in [0.29, 0.717) is 17.7 Å². The molecule has 0 fully saturated rings. The molecule has 6 heteroatoms. The third kappa shape index (κ3) is 4.37. The number of hydrogen-bond donors (Lipinski definition) is 1. The molecule has 2 rings (SSSR count). The molecule has 0 bridgehead atoms. The van der Waals surface area contributed by atoms with Gasteiger partial charge >= 0.3 is 0 Å². The molecular weight excluding hydrogens is 350 g/mol. The molecule has 0 saturated heterocycles. The first-order valence-electron chi connectivity index (χ1n) is 8.41. The smallest absolute Gasteiger partial charge is 0.241 e. The van der Waals surface area contributed by atoms with Crippen LogP contribution in [0.5, 0.6) is 11.5 Å². The zero-order valence-corrected chi connectivity index (χ0v) is 17.0. The highest BCUT2D eigenvalue weighted by Crippen LogP contribution is 2.29. The van der Waals surface area contributed by atoms with Gasteiger partial charge < -0.3 is 9.47 Å². The third-order valence-corrected chi connectivity index (χ3v) is 6.28. The van der Waals surface area contributed by atoms with Crippen LogP contribution in [0.1, 0.15) is 30.5 Å². The van der Waals surface area contributed by atoms with Gasteiger partial charge in [-0.2, -0.15) is 0 Å². The normalized spacial score (nSPS) is 12.1. The summed E-state index contributed by atoms with van der Waals surface area (Å²) in [5, 5.41) is 0. The minimum absolute atomic E-state index is 0.268. The Bertz CT molecular complexity index is 889. The Morgan fingerprint density at radius 2 is 1.54 bits per heavy atom. The van der Waals surface area contributed by atoms with E-state index in [1.54, 1.807) is 33.3 Å². The van der Waals surface area contributed by atoms with Crippen molar-refractivity contribution in [3.8, 4) is 11.5 Å². The van der Waals surface area contributed by atoms with E-state index in [2.05, 4.69) is 4.72 Å². The molecule has 1 N–H and O–H groups in total. The van der Waals surface area contributed by atoms with E-state index in [1.165, 1.54) is 0 Å². The zero-order valence-electron chi connectivity index (χ0n) is 16.2. The Morgan fingerprint density at radius 1 is 0.923 bits per heavy atom. The minimum Gasteiger partial charge on any atom is -0.496 e. The van der Waals surface area contributed by atoms with Gasteiger partial charge in [-0.25, -0.2) is 13.1 Å². The van der Waals surface area contributed by atoms with Crippen LogP contribution in [-0.2, 0) is 16.4 Å². The Labute approximate surface area is 156 Å². The molecule has 0 radical (unpaired) electrons. The van der Waals surface area contributed by atoms with E-state index in [0.717, 1.165) is 16.9 Å². The number of para-hydroxylation sites is 1. The summed E-state index contributed by atoms with van der Waals surface area (Å²) in [6, 6.07) is 10.9. The fraction of sp³-hybridized carbons (Fsp3) is 0.400. The predicted molar refractivity (Wildman–Crippen MR) is 104 cm³/mol. The quantitative estimate of drug-likeness (QED) is 0.800. The van der Waals surface area contributed by atoms with Crippen LogP contribution in [0.3, 0.4) is 0 Å². The molecule has 0 aromatic heterocycles. The molecule has 5 nitrogen and oxygen atoms in total. The van der Waals surface area contributed by atoms with Crippen molar-refractivity contribution in [1.82, 2.24) is 4.72 Å². The molecule has 0 amide bonds. The number of methoxy groups -OCH3 is 2. The van der Waals surface area contributed by atoms with Gasteiger partial charge in [-0.05, 0) is 69.0 Å². The van der Waals surface area contributed by atoms with Crippen molar-refractivity contribution in [1.29, 1.82) is 0 Å². The molecule has 2 aromatic rings. The molecule has 0 saturated carbocycles. The first-order valence-corrected chi connectivity index (χ1v) is 9.89. The second-order valence-electron chi connectivity index (χ2n) is 6.99. The lowest BCUT2D eigenvalue weighted by Gasteiger charge is -2.27. The molecule has 0 aliphatic heterocycles. The van der Waals surface area contributed by atoms with E-state index in [9.17, 15) is 8.42 Å². The van der Waals surface area contributed by atoms with Crippen molar-refractivity contribution in [2.75, 3.05) is 14.2 Å². The lowest BCUT2D eigenvalue weighted by Crippen LogP contribution is -2.45. The summed E-state index contributed by atoms with van der Waals surface area (Å²) in [6.45, 7) is 7.37. The first-order chi connectivity index (χ1) is 12.1. The number of nitrogens with one attached hydrogen (secondary N) is 1. The van der Waals surface area contributed by atoms with Crippen LogP contribution in [0.25, 0.3) is 0 Å². The van der Waals surface area contributed by atoms with E-state index in [1.807, 2.05) is 45.0 Å². The second kappa shape index (κ2) is 7.68. The number of ether oxygens (including phenoxy) is 2. The van der Waals surface area contributed by atoms with Gasteiger partial charge in [0.25, 0.3) is 0 Å². The third-order valence-electron chi connectivity index (χ3n) is 4.43. The Morgan fingerprint density at radius 3 is 2.15 bits per heavy atom. The molecule has 142 valence electrons. The van der Waals surface area contributed by atoms with Crippen molar-refractivity contribution in [2.45, 2.75) is 44.6 Å². The minimum atomic E-state index is -3.68. The van der Waals surface area contributed by atoms with Crippen LogP contribution in [0.2, 0.25) is 0 Å². The summed E-state index contributed by atoms with van der Waals surface area (Å²) >= 11 is 0. The summed E-state index contributed by atoms with van der Waals surface area (Å²) < 4.78 is 39.4. The Balaban J connectivity index is 2.32. The maximum atomic E-state index is 13.0. The Hall–Kier alpha value is -2.05. The van der Waals surface area contributed by atoms with Gasteiger partial charge in [0.2, 0.25) is 10.0 Å². The van der Waals surface area contributed by atoms with Gasteiger partial charge in [-0.1, -0.05) is 18.2 Å². The summed E-state index contributed by atoms with van der Waals surface area (Å²) in [5.41, 5.74) is 1.77. The maximum absolute atomic E-state index is 13.0. The van der Waals surface area contributed by atoms with E-state index in [-0.39, 0.29) is 4.90 Å². The van der Waals surface area contributed by atoms with Gasteiger partial charge in [-0.3, -0.25) is 0 Å². The van der Waals surface area contributed by atoms with Crippen LogP contribution < -0.4 is 14.2 Å². The van der Waals surface area contributed by atoms with Gasteiger partial charge in [0.15, 0.2) is 0 Å². The van der Waals surface area contributed by atoms with Crippen LogP contribution >= 0.6 is 0 Å². The molecule has 0 atom stereocenters. The molecule has 0 aliphatic rings. The lowest BCUT2D eigenvalue weighted by molar-refractivity contribution is 0.395.